The molecule has 1 N–H and O–H groups in total. The molecule has 0 aliphatic carbocycles. The topological polar surface area (TPSA) is 21.3 Å². The van der Waals surface area contributed by atoms with E-state index < -0.39 is 0 Å². The van der Waals surface area contributed by atoms with Crippen molar-refractivity contribution in [1.29, 1.82) is 0 Å². The third-order valence-electron chi connectivity index (χ3n) is 2.66. The van der Waals surface area contributed by atoms with Gasteiger partial charge in [-0.2, -0.15) is 0 Å². The Hall–Kier alpha value is -0.830. The Bertz CT molecular complexity index is 314. The quantitative estimate of drug-likeness (QED) is 0.657. The van der Waals surface area contributed by atoms with Gasteiger partial charge in [-0.1, -0.05) is 55.8 Å². The Morgan fingerprint density at radius 1 is 1.11 bits per heavy atom. The second kappa shape index (κ2) is 13.6. The van der Waals surface area contributed by atoms with Crippen LogP contribution in [0.2, 0.25) is 0 Å². The van der Waals surface area contributed by atoms with Crippen molar-refractivity contribution in [3.05, 3.63) is 42.0 Å². The highest BCUT2D eigenvalue weighted by Crippen LogP contribution is 1.99. The maximum absolute atomic E-state index is 5.49. The van der Waals surface area contributed by atoms with E-state index in [1.807, 2.05) is 6.07 Å². The minimum absolute atomic E-state index is 0. The van der Waals surface area contributed by atoms with Crippen LogP contribution in [-0.4, -0.2) is 26.3 Å². The molecule has 108 valence electrons. The summed E-state index contributed by atoms with van der Waals surface area (Å²) in [6, 6.07) is 10.4. The van der Waals surface area contributed by atoms with Crippen molar-refractivity contribution in [3.63, 3.8) is 0 Å². The minimum Gasteiger partial charge on any atom is -0.381 e. The first-order valence-corrected chi connectivity index (χ1v) is 6.93. The summed E-state index contributed by atoms with van der Waals surface area (Å²) < 4.78 is 5.49. The molecule has 0 unspecified atom stereocenters. The van der Waals surface area contributed by atoms with Crippen LogP contribution in [0.1, 0.15) is 31.7 Å². The molecule has 2 nitrogen and oxygen atoms in total. The first-order valence-electron chi connectivity index (χ1n) is 6.93. The molecule has 0 aliphatic rings. The predicted molar refractivity (Wildman–Crippen MR) is 85.9 cm³/mol. The number of unbranched alkanes of at least 4 members (excludes halogenated alkanes) is 1. The Morgan fingerprint density at radius 2 is 1.84 bits per heavy atom. The number of rotatable bonds is 10. The van der Waals surface area contributed by atoms with Gasteiger partial charge in [-0.15, -0.1) is 12.4 Å². The van der Waals surface area contributed by atoms with Crippen LogP contribution in [0.5, 0.6) is 0 Å². The van der Waals surface area contributed by atoms with E-state index in [4.69, 9.17) is 4.74 Å². The van der Waals surface area contributed by atoms with Crippen molar-refractivity contribution in [1.82, 2.24) is 5.32 Å². The molecular weight excluding hydrogens is 258 g/mol. The Labute approximate surface area is 123 Å². The van der Waals surface area contributed by atoms with Gasteiger partial charge >= 0.3 is 0 Å². The third-order valence-corrected chi connectivity index (χ3v) is 2.66. The molecule has 3 heteroatoms. The van der Waals surface area contributed by atoms with E-state index in [0.717, 1.165) is 32.7 Å². The van der Waals surface area contributed by atoms with Crippen LogP contribution in [-0.2, 0) is 4.74 Å². The summed E-state index contributed by atoms with van der Waals surface area (Å²) in [5.41, 5.74) is 1.25. The molecular formula is C16H26ClNO. The molecule has 1 aromatic carbocycles. The van der Waals surface area contributed by atoms with Gasteiger partial charge in [0.1, 0.15) is 0 Å². The summed E-state index contributed by atoms with van der Waals surface area (Å²) in [6.45, 7) is 5.90. The summed E-state index contributed by atoms with van der Waals surface area (Å²) in [5, 5.41) is 3.38. The van der Waals surface area contributed by atoms with E-state index in [-0.39, 0.29) is 12.4 Å². The summed E-state index contributed by atoms with van der Waals surface area (Å²) in [5.74, 6) is 0. The smallest absolute Gasteiger partial charge is 0.0478 e. The Morgan fingerprint density at radius 3 is 2.58 bits per heavy atom. The van der Waals surface area contributed by atoms with Crippen LogP contribution in [0, 0.1) is 0 Å². The summed E-state index contributed by atoms with van der Waals surface area (Å²) in [4.78, 5) is 0. The van der Waals surface area contributed by atoms with E-state index in [1.54, 1.807) is 0 Å². The molecule has 0 aliphatic heterocycles. The lowest BCUT2D eigenvalue weighted by atomic mass is 10.2. The third kappa shape index (κ3) is 10.8. The zero-order valence-corrected chi connectivity index (χ0v) is 12.6. The lowest BCUT2D eigenvalue weighted by molar-refractivity contribution is 0.129. The summed E-state index contributed by atoms with van der Waals surface area (Å²) >= 11 is 0. The SMILES string of the molecule is CCCCOCCCNC/C=C/c1ccccc1.Cl. The normalized spacial score (nSPS) is 10.6. The number of nitrogens with one attached hydrogen (secondary N) is 1. The first kappa shape index (κ1) is 18.2. The van der Waals surface area contributed by atoms with Crippen LogP contribution in [0.4, 0.5) is 0 Å². The second-order valence-corrected chi connectivity index (χ2v) is 4.34. The molecule has 0 spiro atoms. The molecule has 0 saturated heterocycles. The molecule has 0 saturated carbocycles. The van der Waals surface area contributed by atoms with Crippen LogP contribution >= 0.6 is 12.4 Å². The molecule has 0 heterocycles. The number of benzene rings is 1. The first-order chi connectivity index (χ1) is 8.93. The van der Waals surface area contributed by atoms with Crippen molar-refractivity contribution in [2.45, 2.75) is 26.2 Å². The van der Waals surface area contributed by atoms with Crippen molar-refractivity contribution in [2.24, 2.45) is 0 Å². The second-order valence-electron chi connectivity index (χ2n) is 4.34. The highest BCUT2D eigenvalue weighted by molar-refractivity contribution is 5.85. The zero-order valence-electron chi connectivity index (χ0n) is 11.8. The van der Waals surface area contributed by atoms with Gasteiger partial charge in [0.05, 0.1) is 0 Å². The lowest BCUT2D eigenvalue weighted by Crippen LogP contribution is -2.16. The molecule has 0 aromatic heterocycles. The van der Waals surface area contributed by atoms with Crippen molar-refractivity contribution in [2.75, 3.05) is 26.3 Å². The van der Waals surface area contributed by atoms with Gasteiger partial charge in [0.15, 0.2) is 0 Å². The maximum atomic E-state index is 5.49. The standard InChI is InChI=1S/C16H25NO.ClH/c1-2-3-14-18-15-8-13-17-12-7-11-16-9-5-4-6-10-16;/h4-7,9-11,17H,2-3,8,12-15H2,1H3;1H/b11-7+;. The van der Waals surface area contributed by atoms with E-state index in [1.165, 1.54) is 18.4 Å². The number of ether oxygens (including phenoxy) is 1. The molecule has 1 aromatic rings. The Kier molecular flexibility index (Phi) is 13.0. The van der Waals surface area contributed by atoms with Gasteiger partial charge in [-0.05, 0) is 24.9 Å². The average molecular weight is 284 g/mol. The van der Waals surface area contributed by atoms with Gasteiger partial charge in [-0.3, -0.25) is 0 Å². The molecule has 0 bridgehead atoms. The summed E-state index contributed by atoms with van der Waals surface area (Å²) in [7, 11) is 0. The Balaban J connectivity index is 0.00000324. The van der Waals surface area contributed by atoms with E-state index in [2.05, 4.69) is 48.7 Å². The van der Waals surface area contributed by atoms with E-state index >= 15 is 0 Å². The number of hydrogen-bond donors (Lipinski definition) is 1. The molecule has 19 heavy (non-hydrogen) atoms. The highest BCUT2D eigenvalue weighted by atomic mass is 35.5. The average Bonchev–Trinajstić information content (AvgIpc) is 2.42. The predicted octanol–water partition coefficient (Wildman–Crippen LogP) is 3.92. The number of hydrogen-bond acceptors (Lipinski definition) is 2. The van der Waals surface area contributed by atoms with Crippen molar-refractivity contribution in [3.8, 4) is 0 Å². The molecule has 0 fully saturated rings. The van der Waals surface area contributed by atoms with Crippen LogP contribution in [0.3, 0.4) is 0 Å². The fourth-order valence-corrected chi connectivity index (χ4v) is 1.59. The molecule has 0 amide bonds. The van der Waals surface area contributed by atoms with E-state index in [9.17, 15) is 0 Å². The summed E-state index contributed by atoms with van der Waals surface area (Å²) in [6.07, 6.45) is 7.77. The van der Waals surface area contributed by atoms with Gasteiger partial charge in [0.2, 0.25) is 0 Å². The lowest BCUT2D eigenvalue weighted by Gasteiger charge is -2.03. The molecule has 0 radical (unpaired) electrons. The van der Waals surface area contributed by atoms with Gasteiger partial charge in [0.25, 0.3) is 0 Å². The fourth-order valence-electron chi connectivity index (χ4n) is 1.59. The molecule has 0 atom stereocenters. The molecule has 1 rings (SSSR count). The largest absolute Gasteiger partial charge is 0.381 e. The maximum Gasteiger partial charge on any atom is 0.0478 e. The van der Waals surface area contributed by atoms with Crippen molar-refractivity contribution >= 4 is 18.5 Å². The van der Waals surface area contributed by atoms with Crippen LogP contribution in [0.15, 0.2) is 36.4 Å². The van der Waals surface area contributed by atoms with Gasteiger partial charge in [0, 0.05) is 19.8 Å². The van der Waals surface area contributed by atoms with Crippen LogP contribution < -0.4 is 5.32 Å². The van der Waals surface area contributed by atoms with Crippen molar-refractivity contribution < 1.29 is 4.74 Å². The fraction of sp³-hybridized carbons (Fsp3) is 0.500. The van der Waals surface area contributed by atoms with Gasteiger partial charge in [-0.25, -0.2) is 0 Å². The highest BCUT2D eigenvalue weighted by Gasteiger charge is 1.88. The number of halogens is 1. The minimum atomic E-state index is 0. The van der Waals surface area contributed by atoms with Crippen LogP contribution in [0.25, 0.3) is 6.08 Å². The van der Waals surface area contributed by atoms with E-state index in [0.29, 0.717) is 0 Å². The zero-order chi connectivity index (χ0) is 12.9. The monoisotopic (exact) mass is 283 g/mol. The van der Waals surface area contributed by atoms with Gasteiger partial charge < -0.3 is 10.1 Å².